The van der Waals surface area contributed by atoms with Gasteiger partial charge in [0.1, 0.15) is 23.8 Å². The first-order valence-corrected chi connectivity index (χ1v) is 12.7. The van der Waals surface area contributed by atoms with E-state index in [1.165, 1.54) is 0 Å². The number of halogens is 1. The van der Waals surface area contributed by atoms with Gasteiger partial charge in [0.05, 0.1) is 6.61 Å². The van der Waals surface area contributed by atoms with Gasteiger partial charge >= 0.3 is 35.8 Å². The highest BCUT2D eigenvalue weighted by Gasteiger charge is 2.55. The van der Waals surface area contributed by atoms with Crippen molar-refractivity contribution in [3.8, 4) is 0 Å². The molecule has 15 nitrogen and oxygen atoms in total. The van der Waals surface area contributed by atoms with Gasteiger partial charge in [-0.15, -0.1) is 0 Å². The van der Waals surface area contributed by atoms with Gasteiger partial charge in [0.25, 0.3) is 0 Å². The molecule has 0 N–H and O–H groups in total. The van der Waals surface area contributed by atoms with E-state index in [0.717, 1.165) is 41.5 Å². The van der Waals surface area contributed by atoms with Crippen LogP contribution in [0.5, 0.6) is 0 Å². The van der Waals surface area contributed by atoms with E-state index >= 15 is 0 Å². The molecule has 0 saturated carbocycles. The average Bonchev–Trinajstić information content (AvgIpc) is 2.78. The number of alkyl halides is 1. The fourth-order valence-corrected chi connectivity index (χ4v) is 4.56. The summed E-state index contributed by atoms with van der Waals surface area (Å²) in [5.41, 5.74) is 0. The molecule has 16 heteroatoms. The summed E-state index contributed by atoms with van der Waals surface area (Å²) in [7, 11) is 0. The number of hydrogen-bond acceptors (Lipinski definition) is 15. The summed E-state index contributed by atoms with van der Waals surface area (Å²) in [5.74, 6) is -4.56. The van der Waals surface area contributed by atoms with Crippen molar-refractivity contribution in [1.82, 2.24) is 0 Å². The molecule has 9 atom stereocenters. The molecule has 0 aliphatic carbocycles. The van der Waals surface area contributed by atoms with Crippen molar-refractivity contribution in [2.45, 2.75) is 95.6 Å². The van der Waals surface area contributed by atoms with Crippen molar-refractivity contribution in [2.75, 3.05) is 13.2 Å². The Morgan fingerprint density at radius 2 is 1.13 bits per heavy atom. The Balaban J connectivity index is 2.53. The Hall–Kier alpha value is -2.82. The second-order valence-corrected chi connectivity index (χ2v) is 9.48. The van der Waals surface area contributed by atoms with Crippen LogP contribution in [0.3, 0.4) is 0 Å². The minimum Gasteiger partial charge on any atom is -0.463 e. The Morgan fingerprint density at radius 1 is 0.641 bits per heavy atom. The van der Waals surface area contributed by atoms with E-state index in [-0.39, 0.29) is 6.61 Å². The molecule has 2 saturated heterocycles. The monoisotopic (exact) mass is 626 g/mol. The molecule has 0 bridgehead atoms. The zero-order valence-corrected chi connectivity index (χ0v) is 23.7. The predicted octanol–water partition coefficient (Wildman–Crippen LogP) is 0.0693. The van der Waals surface area contributed by atoms with E-state index in [1.54, 1.807) is 0 Å². The third-order valence-corrected chi connectivity index (χ3v) is 6.01. The molecule has 2 fully saturated rings. The number of hydrogen-bond donors (Lipinski definition) is 0. The summed E-state index contributed by atoms with van der Waals surface area (Å²) in [6, 6.07) is 0. The van der Waals surface area contributed by atoms with Gasteiger partial charge in [0.2, 0.25) is 0 Å². The maximum Gasteiger partial charge on any atom is 0.303 e. The SMILES string of the molecule is CC(=O)OC[C@H]1O[C@@H](O[C@@H]2[C@@H](OC(C)=O)[C@H](OC(C)=O)CO[C@@H]2Br)[C@H](OC(C)=O)[C@@H](OC(C)=O)[C@@H]1OC(C)=O. The third kappa shape index (κ3) is 9.70. The highest BCUT2D eigenvalue weighted by atomic mass is 79.9. The first-order chi connectivity index (χ1) is 18.2. The zero-order chi connectivity index (χ0) is 29.4. The summed E-state index contributed by atoms with van der Waals surface area (Å²) < 4.78 is 49.3. The average molecular weight is 627 g/mol. The van der Waals surface area contributed by atoms with E-state index in [2.05, 4.69) is 15.9 Å². The predicted molar refractivity (Wildman–Crippen MR) is 127 cm³/mol. The van der Waals surface area contributed by atoms with E-state index in [1.807, 2.05) is 0 Å². The van der Waals surface area contributed by atoms with Crippen LogP contribution in [0, 0.1) is 0 Å². The van der Waals surface area contributed by atoms with Crippen LogP contribution in [0.1, 0.15) is 41.5 Å². The number of carbonyl (C=O) groups is 6. The van der Waals surface area contributed by atoms with E-state index in [4.69, 9.17) is 42.6 Å². The zero-order valence-electron chi connectivity index (χ0n) is 22.1. The molecular formula is C23H31BrO15. The fourth-order valence-electron chi connectivity index (χ4n) is 3.98. The molecule has 2 aliphatic rings. The minimum atomic E-state index is -1.59. The quantitative estimate of drug-likeness (QED) is 0.190. The molecule has 0 aromatic rings. The van der Waals surface area contributed by atoms with Crippen LogP contribution in [0.25, 0.3) is 0 Å². The first-order valence-electron chi connectivity index (χ1n) is 11.8. The van der Waals surface area contributed by atoms with Crippen LogP contribution in [-0.2, 0) is 71.4 Å². The lowest BCUT2D eigenvalue weighted by Gasteiger charge is -2.46. The normalized spacial score (nSPS) is 32.2. The van der Waals surface area contributed by atoms with Crippen molar-refractivity contribution in [1.29, 1.82) is 0 Å². The Bertz CT molecular complexity index is 938. The standard InChI is InChI=1S/C23H31BrO15/c1-9(25)31-7-16-17(34-11(3)27)19(36-13(5)29)21(37-14(6)30)23(38-16)39-20-18(35-12(4)28)15(33-10(2)26)8-32-22(20)24/h15-23H,7-8H2,1-6H3/t15-,16-,17-,18+,19+,20-,21-,22+,23+/m1/s1. The van der Waals surface area contributed by atoms with Gasteiger partial charge in [-0.3, -0.25) is 28.8 Å². The van der Waals surface area contributed by atoms with Gasteiger partial charge in [-0.2, -0.15) is 0 Å². The van der Waals surface area contributed by atoms with Gasteiger partial charge in [-0.25, -0.2) is 0 Å². The van der Waals surface area contributed by atoms with Crippen LogP contribution < -0.4 is 0 Å². The number of ether oxygens (including phenoxy) is 9. The number of rotatable bonds is 9. The van der Waals surface area contributed by atoms with Crippen molar-refractivity contribution < 1.29 is 71.4 Å². The lowest BCUT2D eigenvalue weighted by molar-refractivity contribution is -0.333. The van der Waals surface area contributed by atoms with Gasteiger partial charge in [-0.05, 0) is 0 Å². The molecule has 2 rings (SSSR count). The first kappa shape index (κ1) is 32.4. The molecule has 0 spiro atoms. The van der Waals surface area contributed by atoms with Crippen LogP contribution in [0.2, 0.25) is 0 Å². The molecule has 0 unspecified atom stereocenters. The Morgan fingerprint density at radius 3 is 1.64 bits per heavy atom. The van der Waals surface area contributed by atoms with Crippen LogP contribution in [0.4, 0.5) is 0 Å². The van der Waals surface area contributed by atoms with Gasteiger partial charge < -0.3 is 42.6 Å². The molecule has 39 heavy (non-hydrogen) atoms. The minimum absolute atomic E-state index is 0.161. The van der Waals surface area contributed by atoms with E-state index < -0.39 is 96.5 Å². The molecule has 2 aliphatic heterocycles. The van der Waals surface area contributed by atoms with Gasteiger partial charge in [-0.1, -0.05) is 15.9 Å². The van der Waals surface area contributed by atoms with E-state index in [0.29, 0.717) is 0 Å². The number of carbonyl (C=O) groups excluding carboxylic acids is 6. The lowest BCUT2D eigenvalue weighted by atomic mass is 9.97. The summed E-state index contributed by atoms with van der Waals surface area (Å²) in [5, 5.41) is -0.958. The van der Waals surface area contributed by atoms with Crippen LogP contribution in [0.15, 0.2) is 0 Å². The molecule has 0 aromatic carbocycles. The van der Waals surface area contributed by atoms with Gasteiger partial charge in [0, 0.05) is 41.5 Å². The van der Waals surface area contributed by atoms with Crippen molar-refractivity contribution in [2.24, 2.45) is 0 Å². The van der Waals surface area contributed by atoms with Crippen molar-refractivity contribution in [3.63, 3.8) is 0 Å². The van der Waals surface area contributed by atoms with Crippen molar-refractivity contribution >= 4 is 51.7 Å². The summed E-state index contributed by atoms with van der Waals surface area (Å²) in [6.45, 7) is 6.03. The van der Waals surface area contributed by atoms with Crippen LogP contribution in [-0.4, -0.2) is 103 Å². The molecule has 0 amide bonds. The maximum absolute atomic E-state index is 12.0. The fraction of sp³-hybridized carbons (Fsp3) is 0.739. The van der Waals surface area contributed by atoms with Crippen molar-refractivity contribution in [3.05, 3.63) is 0 Å². The number of esters is 6. The second-order valence-electron chi connectivity index (χ2n) is 8.57. The third-order valence-electron chi connectivity index (χ3n) is 5.23. The van der Waals surface area contributed by atoms with Crippen LogP contribution >= 0.6 is 15.9 Å². The summed E-state index contributed by atoms with van der Waals surface area (Å²) in [4.78, 5) is 71.0. The topological polar surface area (TPSA) is 185 Å². The summed E-state index contributed by atoms with van der Waals surface area (Å²) >= 11 is 3.27. The summed E-state index contributed by atoms with van der Waals surface area (Å²) in [6.07, 6.45) is -10.8. The van der Waals surface area contributed by atoms with Gasteiger partial charge in [0.15, 0.2) is 36.8 Å². The molecule has 0 radical (unpaired) electrons. The molecular weight excluding hydrogens is 596 g/mol. The maximum atomic E-state index is 12.0. The molecule has 220 valence electrons. The molecule has 2 heterocycles. The lowest BCUT2D eigenvalue weighted by Crippen LogP contribution is -2.65. The highest BCUT2D eigenvalue weighted by Crippen LogP contribution is 2.34. The molecule has 0 aromatic heterocycles. The Labute approximate surface area is 232 Å². The smallest absolute Gasteiger partial charge is 0.303 e. The second kappa shape index (κ2) is 14.5. The highest BCUT2D eigenvalue weighted by molar-refractivity contribution is 9.09. The largest absolute Gasteiger partial charge is 0.463 e. The Kier molecular flexibility index (Phi) is 12.1. The van der Waals surface area contributed by atoms with E-state index in [9.17, 15) is 28.8 Å².